The molecule has 3 unspecified atom stereocenters. The fraction of sp³-hybridized carbons (Fsp3) is 0.500. The average molecular weight is 464 g/mol. The highest BCUT2D eigenvalue weighted by Crippen LogP contribution is 2.45. The maximum atomic E-state index is 14.3. The molecule has 0 radical (unpaired) electrons. The second kappa shape index (κ2) is 8.08. The zero-order valence-electron chi connectivity index (χ0n) is 18.4. The number of cyclic esters (lactones) is 1. The number of benzene rings is 1. The van der Waals surface area contributed by atoms with Crippen molar-refractivity contribution >= 4 is 21.9 Å². The summed E-state index contributed by atoms with van der Waals surface area (Å²) in [6.07, 6.45) is 0.232. The summed E-state index contributed by atoms with van der Waals surface area (Å²) in [4.78, 5) is 21.1. The zero-order valence-corrected chi connectivity index (χ0v) is 19.2. The number of carbonyl (C=O) groups excluding carboxylic acids is 1. The Kier molecular flexibility index (Phi) is 5.70. The summed E-state index contributed by atoms with van der Waals surface area (Å²) in [6, 6.07) is 4.33. The second-order valence-corrected chi connectivity index (χ2v) is 10.8. The molecule has 0 bridgehead atoms. The Bertz CT molecular complexity index is 1180. The topological polar surface area (TPSA) is 110 Å². The van der Waals surface area contributed by atoms with Crippen LogP contribution in [0.3, 0.4) is 0 Å². The molecule has 0 saturated carbocycles. The minimum atomic E-state index is -3.59. The molecule has 2 heterocycles. The van der Waals surface area contributed by atoms with E-state index in [4.69, 9.17) is 4.74 Å². The van der Waals surface area contributed by atoms with Crippen molar-refractivity contribution in [1.82, 2.24) is 9.97 Å². The predicted octanol–water partition coefficient (Wildman–Crippen LogP) is 2.51. The molecule has 1 aromatic carbocycles. The van der Waals surface area contributed by atoms with Crippen molar-refractivity contribution in [2.24, 2.45) is 0 Å². The van der Waals surface area contributed by atoms with Gasteiger partial charge in [0, 0.05) is 30.5 Å². The Labute approximate surface area is 186 Å². The highest BCUT2D eigenvalue weighted by atomic mass is 32.2. The van der Waals surface area contributed by atoms with Gasteiger partial charge < -0.3 is 9.84 Å². The number of anilines is 1. The van der Waals surface area contributed by atoms with E-state index < -0.39 is 34.0 Å². The van der Waals surface area contributed by atoms with E-state index in [9.17, 15) is 22.7 Å². The van der Waals surface area contributed by atoms with Crippen LogP contribution < -0.4 is 4.31 Å². The third-order valence-electron chi connectivity index (χ3n) is 6.08. The lowest BCUT2D eigenvalue weighted by Crippen LogP contribution is -2.38. The van der Waals surface area contributed by atoms with Gasteiger partial charge in [0.05, 0.1) is 30.2 Å². The summed E-state index contributed by atoms with van der Waals surface area (Å²) in [5.74, 6) is -1.30. The van der Waals surface area contributed by atoms with Crippen molar-refractivity contribution in [3.8, 4) is 11.3 Å². The van der Waals surface area contributed by atoms with Gasteiger partial charge in [0.25, 0.3) is 0 Å². The first-order valence-corrected chi connectivity index (χ1v) is 12.3. The van der Waals surface area contributed by atoms with Crippen LogP contribution >= 0.6 is 0 Å². The van der Waals surface area contributed by atoms with E-state index in [1.54, 1.807) is 6.07 Å². The molecule has 2 aliphatic rings. The van der Waals surface area contributed by atoms with Crippen LogP contribution in [-0.2, 0) is 26.0 Å². The van der Waals surface area contributed by atoms with Crippen LogP contribution in [0.5, 0.6) is 0 Å². The predicted molar refractivity (Wildman–Crippen MR) is 116 cm³/mol. The third kappa shape index (κ3) is 4.09. The van der Waals surface area contributed by atoms with Gasteiger partial charge in [0.15, 0.2) is 0 Å². The van der Waals surface area contributed by atoms with Gasteiger partial charge in [0.1, 0.15) is 11.9 Å². The lowest BCUT2D eigenvalue weighted by Gasteiger charge is -2.37. The SMILES string of the molecule is CC(C)c1nc(N(C)S(C)(=O)=O)nc2c1CC(C1CC(O)CC(=O)O1)c1cc(F)ccc1-2. The number of hydrogen-bond donors (Lipinski definition) is 1. The van der Waals surface area contributed by atoms with Gasteiger partial charge in [-0.1, -0.05) is 13.8 Å². The number of ether oxygens (including phenoxy) is 1. The summed E-state index contributed by atoms with van der Waals surface area (Å²) in [6.45, 7) is 3.90. The summed E-state index contributed by atoms with van der Waals surface area (Å²) in [5, 5.41) is 10.1. The number of fused-ring (bicyclic) bond motifs is 3. The average Bonchev–Trinajstić information content (AvgIpc) is 2.70. The molecule has 32 heavy (non-hydrogen) atoms. The van der Waals surface area contributed by atoms with Gasteiger partial charge in [-0.05, 0) is 36.1 Å². The largest absolute Gasteiger partial charge is 0.462 e. The van der Waals surface area contributed by atoms with E-state index >= 15 is 0 Å². The first kappa shape index (κ1) is 22.6. The molecule has 1 N–H and O–H groups in total. The van der Waals surface area contributed by atoms with E-state index in [1.165, 1.54) is 19.2 Å². The Morgan fingerprint density at radius 2 is 1.97 bits per heavy atom. The molecule has 1 aromatic heterocycles. The molecule has 1 aliphatic carbocycles. The number of aliphatic hydroxyl groups excluding tert-OH is 1. The molecule has 1 saturated heterocycles. The summed E-state index contributed by atoms with van der Waals surface area (Å²) in [7, 11) is -2.20. The molecular formula is C22H26FN3O5S. The van der Waals surface area contributed by atoms with Gasteiger partial charge in [-0.2, -0.15) is 0 Å². The number of nitrogens with zero attached hydrogens (tertiary/aromatic N) is 3. The monoisotopic (exact) mass is 463 g/mol. The highest BCUT2D eigenvalue weighted by molar-refractivity contribution is 7.92. The first-order chi connectivity index (χ1) is 15.0. The number of rotatable bonds is 4. The molecular weight excluding hydrogens is 437 g/mol. The minimum absolute atomic E-state index is 0.0411. The van der Waals surface area contributed by atoms with E-state index in [0.29, 0.717) is 28.9 Å². The van der Waals surface area contributed by atoms with Crippen LogP contribution in [0.15, 0.2) is 18.2 Å². The number of hydrogen-bond acceptors (Lipinski definition) is 7. The normalized spacial score (nSPS) is 22.8. The van der Waals surface area contributed by atoms with Crippen molar-refractivity contribution in [3.05, 3.63) is 40.8 Å². The Morgan fingerprint density at radius 3 is 2.59 bits per heavy atom. The van der Waals surface area contributed by atoms with Gasteiger partial charge in [-0.15, -0.1) is 0 Å². The number of aromatic nitrogens is 2. The molecule has 0 amide bonds. The molecule has 0 spiro atoms. The number of carbonyl (C=O) groups is 1. The van der Waals surface area contributed by atoms with Crippen LogP contribution in [0, 0.1) is 5.82 Å². The fourth-order valence-corrected chi connectivity index (χ4v) is 4.83. The van der Waals surface area contributed by atoms with Crippen molar-refractivity contribution in [2.45, 2.75) is 57.2 Å². The van der Waals surface area contributed by atoms with Crippen LogP contribution in [0.4, 0.5) is 10.3 Å². The smallest absolute Gasteiger partial charge is 0.308 e. The fourth-order valence-electron chi connectivity index (χ4n) is 4.45. The third-order valence-corrected chi connectivity index (χ3v) is 7.24. The number of esters is 1. The van der Waals surface area contributed by atoms with Crippen molar-refractivity contribution < 1.29 is 27.4 Å². The Morgan fingerprint density at radius 1 is 1.25 bits per heavy atom. The van der Waals surface area contributed by atoms with Crippen molar-refractivity contribution in [2.75, 3.05) is 17.6 Å². The molecule has 1 aliphatic heterocycles. The lowest BCUT2D eigenvalue weighted by atomic mass is 9.75. The molecule has 172 valence electrons. The lowest BCUT2D eigenvalue weighted by molar-refractivity contribution is -0.161. The van der Waals surface area contributed by atoms with Crippen molar-refractivity contribution in [3.63, 3.8) is 0 Å². The quantitative estimate of drug-likeness (QED) is 0.694. The molecule has 10 heteroatoms. The van der Waals surface area contributed by atoms with E-state index in [-0.39, 0.29) is 30.6 Å². The molecule has 8 nitrogen and oxygen atoms in total. The standard InChI is InChI=1S/C22H26FN3O5S/c1-11(2)20-17-10-16(18-8-13(27)9-19(28)31-18)15-7-12(23)5-6-14(15)21(17)25-22(24-20)26(3)32(4,29)30/h5-7,11,13,16,18,27H,8-10H2,1-4H3. The molecule has 1 fully saturated rings. The summed E-state index contributed by atoms with van der Waals surface area (Å²) in [5.41, 5.74) is 3.30. The zero-order chi connectivity index (χ0) is 23.4. The maximum Gasteiger partial charge on any atom is 0.308 e. The molecule has 2 aromatic rings. The summed E-state index contributed by atoms with van der Waals surface area (Å²) < 4.78 is 45.1. The van der Waals surface area contributed by atoms with E-state index in [2.05, 4.69) is 9.97 Å². The van der Waals surface area contributed by atoms with Gasteiger partial charge in [-0.25, -0.2) is 27.1 Å². The Hall–Kier alpha value is -2.59. The number of halogens is 1. The highest BCUT2D eigenvalue weighted by Gasteiger charge is 2.39. The van der Waals surface area contributed by atoms with Crippen molar-refractivity contribution in [1.29, 1.82) is 0 Å². The van der Waals surface area contributed by atoms with Gasteiger partial charge in [0.2, 0.25) is 16.0 Å². The molecule has 4 rings (SSSR count). The summed E-state index contributed by atoms with van der Waals surface area (Å²) >= 11 is 0. The number of sulfonamides is 1. The van der Waals surface area contributed by atoms with Crippen LogP contribution in [-0.4, -0.2) is 55.0 Å². The van der Waals surface area contributed by atoms with Crippen LogP contribution in [0.25, 0.3) is 11.3 Å². The van der Waals surface area contributed by atoms with Gasteiger partial charge >= 0.3 is 5.97 Å². The number of aliphatic hydroxyl groups is 1. The van der Waals surface area contributed by atoms with Crippen LogP contribution in [0.1, 0.15) is 55.3 Å². The van der Waals surface area contributed by atoms with Crippen LogP contribution in [0.2, 0.25) is 0 Å². The minimum Gasteiger partial charge on any atom is -0.462 e. The Balaban J connectivity index is 1.91. The van der Waals surface area contributed by atoms with E-state index in [0.717, 1.165) is 16.1 Å². The molecule has 3 atom stereocenters. The first-order valence-electron chi connectivity index (χ1n) is 10.5. The van der Waals surface area contributed by atoms with E-state index in [1.807, 2.05) is 13.8 Å². The second-order valence-electron chi connectivity index (χ2n) is 8.79. The maximum absolute atomic E-state index is 14.3. The van der Waals surface area contributed by atoms with Gasteiger partial charge in [-0.3, -0.25) is 4.79 Å².